The van der Waals surface area contributed by atoms with Crippen molar-refractivity contribution in [2.24, 2.45) is 5.92 Å². The fraction of sp³-hybridized carbons (Fsp3) is 0.643. The van der Waals surface area contributed by atoms with E-state index in [1.807, 2.05) is 0 Å². The van der Waals surface area contributed by atoms with E-state index >= 15 is 0 Å². The number of carbonyl (C=O) groups excluding carboxylic acids is 1. The number of aromatic nitrogens is 2. The first kappa shape index (κ1) is 13.7. The second-order valence-electron chi connectivity index (χ2n) is 5.63. The predicted molar refractivity (Wildman–Crippen MR) is 77.9 cm³/mol. The third-order valence-corrected chi connectivity index (χ3v) is 4.85. The standard InChI is InChI=1S/C14H19N3O2S/c1-8(9-5-6-9)15-12(18)7-20-14-16-11-4-2-3-10(11)13(19)17-14/h8-9H,2-7H2,1H3,(H,15,18)(H,16,17,19)/t8-/m0/s1. The van der Waals surface area contributed by atoms with Crippen LogP contribution in [0, 0.1) is 5.92 Å². The summed E-state index contributed by atoms with van der Waals surface area (Å²) in [5.41, 5.74) is 1.69. The molecule has 2 aliphatic carbocycles. The van der Waals surface area contributed by atoms with Gasteiger partial charge in [-0.05, 0) is 44.9 Å². The third kappa shape index (κ3) is 3.06. The van der Waals surface area contributed by atoms with E-state index in [-0.39, 0.29) is 17.5 Å². The Morgan fingerprint density at radius 2 is 2.30 bits per heavy atom. The molecule has 1 heterocycles. The molecule has 0 aromatic carbocycles. The van der Waals surface area contributed by atoms with E-state index in [1.54, 1.807) is 0 Å². The van der Waals surface area contributed by atoms with E-state index in [4.69, 9.17) is 0 Å². The second kappa shape index (κ2) is 5.60. The lowest BCUT2D eigenvalue weighted by atomic mass is 10.2. The Hall–Kier alpha value is -1.30. The van der Waals surface area contributed by atoms with E-state index in [2.05, 4.69) is 22.2 Å². The number of H-pyrrole nitrogens is 1. The number of hydrogen-bond donors (Lipinski definition) is 2. The number of carbonyl (C=O) groups is 1. The van der Waals surface area contributed by atoms with Crippen molar-refractivity contribution in [1.82, 2.24) is 15.3 Å². The van der Waals surface area contributed by atoms with Gasteiger partial charge in [0.1, 0.15) is 0 Å². The number of aromatic amines is 1. The first-order valence-electron chi connectivity index (χ1n) is 7.17. The van der Waals surface area contributed by atoms with Crippen LogP contribution in [0.3, 0.4) is 0 Å². The fourth-order valence-electron chi connectivity index (χ4n) is 2.63. The van der Waals surface area contributed by atoms with Gasteiger partial charge in [0.2, 0.25) is 5.91 Å². The van der Waals surface area contributed by atoms with Gasteiger partial charge < -0.3 is 10.3 Å². The number of thioether (sulfide) groups is 1. The van der Waals surface area contributed by atoms with Gasteiger partial charge in [0.15, 0.2) is 5.16 Å². The normalized spacial score (nSPS) is 18.6. The number of hydrogen-bond acceptors (Lipinski definition) is 4. The third-order valence-electron chi connectivity index (χ3n) is 3.98. The molecule has 0 radical (unpaired) electrons. The highest BCUT2D eigenvalue weighted by atomic mass is 32.2. The maximum Gasteiger partial charge on any atom is 0.254 e. The molecule has 3 rings (SSSR count). The molecule has 108 valence electrons. The van der Waals surface area contributed by atoms with E-state index < -0.39 is 0 Å². The quantitative estimate of drug-likeness (QED) is 0.633. The van der Waals surface area contributed by atoms with Crippen LogP contribution in [0.2, 0.25) is 0 Å². The van der Waals surface area contributed by atoms with Crippen LogP contribution in [0.5, 0.6) is 0 Å². The van der Waals surface area contributed by atoms with Crippen molar-refractivity contribution < 1.29 is 4.79 Å². The molecular formula is C14H19N3O2S. The number of amides is 1. The summed E-state index contributed by atoms with van der Waals surface area (Å²) in [6, 6.07) is 0.259. The number of nitrogens with one attached hydrogen (secondary N) is 2. The summed E-state index contributed by atoms with van der Waals surface area (Å²) in [6.45, 7) is 2.05. The van der Waals surface area contributed by atoms with Crippen molar-refractivity contribution in [2.75, 3.05) is 5.75 Å². The Morgan fingerprint density at radius 1 is 1.50 bits per heavy atom. The molecule has 6 heteroatoms. The van der Waals surface area contributed by atoms with Crippen molar-refractivity contribution in [3.8, 4) is 0 Å². The number of nitrogens with zero attached hydrogens (tertiary/aromatic N) is 1. The minimum Gasteiger partial charge on any atom is -0.353 e. The van der Waals surface area contributed by atoms with Crippen LogP contribution in [0.4, 0.5) is 0 Å². The Balaban J connectivity index is 1.57. The maximum absolute atomic E-state index is 11.8. The van der Waals surface area contributed by atoms with Crippen LogP contribution < -0.4 is 10.9 Å². The highest BCUT2D eigenvalue weighted by Gasteiger charge is 2.28. The second-order valence-corrected chi connectivity index (χ2v) is 6.60. The number of aryl methyl sites for hydroxylation is 1. The van der Waals surface area contributed by atoms with E-state index in [0.29, 0.717) is 16.8 Å². The summed E-state index contributed by atoms with van der Waals surface area (Å²) in [5.74, 6) is 0.970. The van der Waals surface area contributed by atoms with Crippen molar-refractivity contribution in [1.29, 1.82) is 0 Å². The van der Waals surface area contributed by atoms with Crippen LogP contribution in [0.15, 0.2) is 9.95 Å². The van der Waals surface area contributed by atoms with Gasteiger partial charge in [-0.1, -0.05) is 11.8 Å². The zero-order chi connectivity index (χ0) is 14.1. The molecule has 1 fully saturated rings. The minimum absolute atomic E-state index is 0.0116. The predicted octanol–water partition coefficient (Wildman–Crippen LogP) is 1.27. The molecular weight excluding hydrogens is 274 g/mol. The molecule has 0 aliphatic heterocycles. The largest absolute Gasteiger partial charge is 0.353 e. The van der Waals surface area contributed by atoms with E-state index in [0.717, 1.165) is 30.5 Å². The molecule has 5 nitrogen and oxygen atoms in total. The summed E-state index contributed by atoms with van der Waals surface area (Å²) in [6.07, 6.45) is 5.13. The van der Waals surface area contributed by atoms with E-state index in [9.17, 15) is 9.59 Å². The molecule has 1 saturated carbocycles. The average molecular weight is 293 g/mol. The number of fused-ring (bicyclic) bond motifs is 1. The molecule has 1 atom stereocenters. The van der Waals surface area contributed by atoms with Gasteiger partial charge in [-0.2, -0.15) is 0 Å². The Kier molecular flexibility index (Phi) is 3.83. The van der Waals surface area contributed by atoms with Crippen molar-refractivity contribution in [2.45, 2.75) is 50.2 Å². The molecule has 1 aromatic heterocycles. The van der Waals surface area contributed by atoms with Crippen LogP contribution in [-0.2, 0) is 17.6 Å². The molecule has 1 aromatic rings. The lowest BCUT2D eigenvalue weighted by Crippen LogP contribution is -2.35. The first-order chi connectivity index (χ1) is 9.63. The van der Waals surface area contributed by atoms with Gasteiger partial charge in [-0.25, -0.2) is 4.98 Å². The summed E-state index contributed by atoms with van der Waals surface area (Å²) in [4.78, 5) is 30.9. The van der Waals surface area contributed by atoms with Gasteiger partial charge in [0, 0.05) is 11.6 Å². The Bertz CT molecular complexity index is 580. The molecule has 1 amide bonds. The number of rotatable bonds is 5. The van der Waals surface area contributed by atoms with Gasteiger partial charge in [0.25, 0.3) is 5.56 Å². The van der Waals surface area contributed by atoms with Crippen molar-refractivity contribution >= 4 is 17.7 Å². The lowest BCUT2D eigenvalue weighted by Gasteiger charge is -2.12. The zero-order valence-corrected chi connectivity index (χ0v) is 12.4. The summed E-state index contributed by atoms with van der Waals surface area (Å²) in [7, 11) is 0. The van der Waals surface area contributed by atoms with E-state index in [1.165, 1.54) is 24.6 Å². The SMILES string of the molecule is C[C@H](NC(=O)CSc1nc2c(c(=O)[nH]1)CCC2)C1CC1. The molecule has 0 spiro atoms. The highest BCUT2D eigenvalue weighted by Crippen LogP contribution is 2.32. The van der Waals surface area contributed by atoms with Crippen LogP contribution in [-0.4, -0.2) is 27.7 Å². The molecule has 0 bridgehead atoms. The first-order valence-corrected chi connectivity index (χ1v) is 8.16. The highest BCUT2D eigenvalue weighted by molar-refractivity contribution is 7.99. The zero-order valence-electron chi connectivity index (χ0n) is 11.6. The van der Waals surface area contributed by atoms with Gasteiger partial charge in [-0.3, -0.25) is 9.59 Å². The molecule has 0 saturated heterocycles. The Labute approximate surface area is 122 Å². The Morgan fingerprint density at radius 3 is 3.05 bits per heavy atom. The molecule has 2 aliphatic rings. The monoisotopic (exact) mass is 293 g/mol. The molecule has 2 N–H and O–H groups in total. The summed E-state index contributed by atoms with van der Waals surface area (Å²) >= 11 is 1.30. The van der Waals surface area contributed by atoms with Gasteiger partial charge in [0.05, 0.1) is 11.4 Å². The van der Waals surface area contributed by atoms with Crippen molar-refractivity contribution in [3.05, 3.63) is 21.6 Å². The van der Waals surface area contributed by atoms with Crippen LogP contribution in [0.1, 0.15) is 37.4 Å². The smallest absolute Gasteiger partial charge is 0.254 e. The van der Waals surface area contributed by atoms with Crippen molar-refractivity contribution in [3.63, 3.8) is 0 Å². The lowest BCUT2D eigenvalue weighted by molar-refractivity contribution is -0.119. The average Bonchev–Trinajstić information content (AvgIpc) is 3.15. The van der Waals surface area contributed by atoms with Crippen LogP contribution in [0.25, 0.3) is 0 Å². The van der Waals surface area contributed by atoms with Gasteiger partial charge >= 0.3 is 0 Å². The topological polar surface area (TPSA) is 74.8 Å². The fourth-order valence-corrected chi connectivity index (χ4v) is 3.32. The molecule has 0 unspecified atom stereocenters. The van der Waals surface area contributed by atoms with Gasteiger partial charge in [-0.15, -0.1) is 0 Å². The molecule has 20 heavy (non-hydrogen) atoms. The minimum atomic E-state index is -0.0400. The van der Waals surface area contributed by atoms with Crippen LogP contribution >= 0.6 is 11.8 Å². The summed E-state index contributed by atoms with van der Waals surface area (Å²) < 4.78 is 0. The maximum atomic E-state index is 11.8. The summed E-state index contributed by atoms with van der Waals surface area (Å²) in [5, 5.41) is 3.56.